The predicted octanol–water partition coefficient (Wildman–Crippen LogP) is 4.69. The van der Waals surface area contributed by atoms with Crippen LogP contribution in [0.25, 0.3) is 0 Å². The normalized spacial score (nSPS) is 23.4. The molecule has 148 valence electrons. The molecule has 0 aliphatic carbocycles. The van der Waals surface area contributed by atoms with Crippen LogP contribution in [0.3, 0.4) is 0 Å². The van der Waals surface area contributed by atoms with Gasteiger partial charge in [0, 0.05) is 49.2 Å². The third-order valence-corrected chi connectivity index (χ3v) is 6.53. The number of aryl methyl sites for hydroxylation is 1. The first-order chi connectivity index (χ1) is 13.4. The first-order valence-corrected chi connectivity index (χ1v) is 9.98. The van der Waals surface area contributed by atoms with E-state index in [0.29, 0.717) is 17.6 Å². The van der Waals surface area contributed by atoms with Gasteiger partial charge in [0.25, 0.3) is 0 Å². The van der Waals surface area contributed by atoms with Gasteiger partial charge in [-0.3, -0.25) is 0 Å². The molecular weight excluding hydrogens is 363 g/mol. The Hall–Kier alpha value is -2.21. The quantitative estimate of drug-likeness (QED) is 0.807. The zero-order chi connectivity index (χ0) is 19.5. The van der Waals surface area contributed by atoms with E-state index in [-0.39, 0.29) is 0 Å². The monoisotopic (exact) mass is 387 g/mol. The van der Waals surface area contributed by atoms with Crippen LogP contribution in [-0.2, 0) is 12.6 Å². The van der Waals surface area contributed by atoms with Gasteiger partial charge in [0.2, 0.25) is 0 Å². The third kappa shape index (κ3) is 2.77. The number of alkyl halides is 3. The molecule has 1 saturated heterocycles. The molecule has 28 heavy (non-hydrogen) atoms. The predicted molar refractivity (Wildman–Crippen MR) is 106 cm³/mol. The van der Waals surface area contributed by atoms with Crippen molar-refractivity contribution in [3.8, 4) is 0 Å². The van der Waals surface area contributed by atoms with Gasteiger partial charge in [-0.05, 0) is 67.3 Å². The Balaban J connectivity index is 1.56. The fraction of sp³-hybridized carbons (Fsp3) is 0.455. The van der Waals surface area contributed by atoms with Crippen molar-refractivity contribution in [1.29, 1.82) is 0 Å². The van der Waals surface area contributed by atoms with Gasteiger partial charge < -0.3 is 15.1 Å². The van der Waals surface area contributed by atoms with Crippen LogP contribution in [-0.4, -0.2) is 32.7 Å². The summed E-state index contributed by atoms with van der Waals surface area (Å²) in [5.74, 6) is 0.468. The fourth-order valence-corrected chi connectivity index (χ4v) is 5.18. The maximum atomic E-state index is 13.1. The highest BCUT2D eigenvalue weighted by atomic mass is 19.4. The minimum absolute atomic E-state index is 0.468. The highest BCUT2D eigenvalue weighted by Gasteiger charge is 2.42. The van der Waals surface area contributed by atoms with E-state index in [1.165, 1.54) is 28.9 Å². The maximum absolute atomic E-state index is 13.1. The van der Waals surface area contributed by atoms with Gasteiger partial charge in [-0.25, -0.2) is 0 Å². The molecule has 0 amide bonds. The van der Waals surface area contributed by atoms with Gasteiger partial charge in [0.15, 0.2) is 0 Å². The largest absolute Gasteiger partial charge is 0.416 e. The van der Waals surface area contributed by atoms with Crippen LogP contribution >= 0.6 is 0 Å². The molecule has 2 atom stereocenters. The second-order valence-corrected chi connectivity index (χ2v) is 8.11. The summed E-state index contributed by atoms with van der Waals surface area (Å²) < 4.78 is 39.4. The second-order valence-electron chi connectivity index (χ2n) is 8.11. The highest BCUT2D eigenvalue weighted by molar-refractivity contribution is 5.76. The van der Waals surface area contributed by atoms with Crippen molar-refractivity contribution < 1.29 is 13.2 Å². The second kappa shape index (κ2) is 6.41. The first-order valence-electron chi connectivity index (χ1n) is 9.98. The molecule has 1 N–H and O–H groups in total. The number of hydrogen-bond donors (Lipinski definition) is 1. The minimum atomic E-state index is -4.33. The molecule has 0 aromatic heterocycles. The van der Waals surface area contributed by atoms with Crippen LogP contribution in [0.15, 0.2) is 36.4 Å². The Kier molecular flexibility index (Phi) is 4.09. The van der Waals surface area contributed by atoms with E-state index >= 15 is 0 Å². The molecule has 2 aromatic carbocycles. The molecule has 0 unspecified atom stereocenters. The Morgan fingerprint density at radius 1 is 1.14 bits per heavy atom. The molecule has 6 heteroatoms. The number of fused-ring (bicyclic) bond motifs is 3. The van der Waals surface area contributed by atoms with E-state index in [1.54, 1.807) is 6.07 Å². The molecule has 0 radical (unpaired) electrons. The molecular formula is C22H24F3N3. The van der Waals surface area contributed by atoms with Crippen molar-refractivity contribution in [2.75, 3.05) is 36.5 Å². The smallest absolute Gasteiger partial charge is 0.367 e. The van der Waals surface area contributed by atoms with Gasteiger partial charge in [-0.1, -0.05) is 6.07 Å². The van der Waals surface area contributed by atoms with Crippen LogP contribution < -0.4 is 15.1 Å². The summed E-state index contributed by atoms with van der Waals surface area (Å²) in [5.41, 5.74) is 5.02. The lowest BCUT2D eigenvalue weighted by Crippen LogP contribution is -2.45. The minimum Gasteiger partial charge on any atom is -0.367 e. The molecule has 1 fully saturated rings. The number of anilines is 3. The molecule has 0 spiro atoms. The Bertz CT molecular complexity index is 908. The van der Waals surface area contributed by atoms with Gasteiger partial charge in [0.05, 0.1) is 5.56 Å². The van der Waals surface area contributed by atoms with Gasteiger partial charge >= 0.3 is 6.18 Å². The standard InChI is InChI=1S/C22H24F3N3/c1-27(16-6-2-5-15(11-16)22(23,24)25)17-10-14-4-3-9-28-20-7-8-26-13-19(20)18(12-17)21(14)28/h2,5-6,10-12,19-20,26H,3-4,7-9,13H2,1H3/t19-,20-/m0/s1. The van der Waals surface area contributed by atoms with E-state index < -0.39 is 11.7 Å². The van der Waals surface area contributed by atoms with Crippen molar-refractivity contribution >= 4 is 17.1 Å². The lowest BCUT2D eigenvalue weighted by Gasteiger charge is -2.36. The molecule has 3 heterocycles. The maximum Gasteiger partial charge on any atom is 0.416 e. The zero-order valence-corrected chi connectivity index (χ0v) is 15.9. The highest BCUT2D eigenvalue weighted by Crippen LogP contribution is 2.49. The zero-order valence-electron chi connectivity index (χ0n) is 15.9. The molecule has 0 saturated carbocycles. The Morgan fingerprint density at radius 3 is 2.82 bits per heavy atom. The van der Waals surface area contributed by atoms with E-state index in [9.17, 15) is 13.2 Å². The molecule has 3 nitrogen and oxygen atoms in total. The Morgan fingerprint density at radius 2 is 2.00 bits per heavy atom. The molecule has 3 aliphatic heterocycles. The fourth-order valence-electron chi connectivity index (χ4n) is 5.18. The lowest BCUT2D eigenvalue weighted by molar-refractivity contribution is -0.137. The van der Waals surface area contributed by atoms with Crippen molar-refractivity contribution in [3.63, 3.8) is 0 Å². The van der Waals surface area contributed by atoms with E-state index in [4.69, 9.17) is 0 Å². The van der Waals surface area contributed by atoms with E-state index in [2.05, 4.69) is 22.3 Å². The van der Waals surface area contributed by atoms with E-state index in [0.717, 1.165) is 50.7 Å². The Labute approximate surface area is 163 Å². The summed E-state index contributed by atoms with van der Waals surface area (Å²) in [5, 5.41) is 3.52. The molecule has 2 aromatic rings. The van der Waals surface area contributed by atoms with Crippen LogP contribution in [0.2, 0.25) is 0 Å². The summed E-state index contributed by atoms with van der Waals surface area (Å²) >= 11 is 0. The molecule has 0 bridgehead atoms. The van der Waals surface area contributed by atoms with Crippen LogP contribution in [0.1, 0.15) is 35.4 Å². The number of hydrogen-bond acceptors (Lipinski definition) is 3. The van der Waals surface area contributed by atoms with Crippen molar-refractivity contribution in [3.05, 3.63) is 53.1 Å². The van der Waals surface area contributed by atoms with Crippen LogP contribution in [0, 0.1) is 0 Å². The topological polar surface area (TPSA) is 18.5 Å². The number of piperidine rings is 1. The van der Waals surface area contributed by atoms with Crippen LogP contribution in [0.5, 0.6) is 0 Å². The molecule has 3 aliphatic rings. The van der Waals surface area contributed by atoms with Crippen molar-refractivity contribution in [2.24, 2.45) is 0 Å². The van der Waals surface area contributed by atoms with Crippen LogP contribution in [0.4, 0.5) is 30.2 Å². The van der Waals surface area contributed by atoms with Crippen molar-refractivity contribution in [2.45, 2.75) is 37.4 Å². The average molecular weight is 387 g/mol. The van der Waals surface area contributed by atoms with Crippen molar-refractivity contribution in [1.82, 2.24) is 5.32 Å². The third-order valence-electron chi connectivity index (χ3n) is 6.53. The summed E-state index contributed by atoms with van der Waals surface area (Å²) in [6, 6.07) is 10.5. The summed E-state index contributed by atoms with van der Waals surface area (Å²) in [6.07, 6.45) is -1.00. The summed E-state index contributed by atoms with van der Waals surface area (Å²) in [7, 11) is 1.86. The summed E-state index contributed by atoms with van der Waals surface area (Å²) in [6.45, 7) is 3.15. The number of nitrogens with zero attached hydrogens (tertiary/aromatic N) is 2. The van der Waals surface area contributed by atoms with Gasteiger partial charge in [-0.15, -0.1) is 0 Å². The summed E-state index contributed by atoms with van der Waals surface area (Å²) in [4.78, 5) is 4.47. The first kappa shape index (κ1) is 17.9. The lowest BCUT2D eigenvalue weighted by atomic mass is 9.89. The SMILES string of the molecule is CN(c1cccc(C(F)(F)F)c1)c1cc2c3c(c1)[C@@H]1CNCC[C@@H]1N3CCC2. The van der Waals surface area contributed by atoms with E-state index in [1.807, 2.05) is 11.9 Å². The average Bonchev–Trinajstić information content (AvgIpc) is 3.03. The number of rotatable bonds is 2. The van der Waals surface area contributed by atoms with Gasteiger partial charge in [-0.2, -0.15) is 13.2 Å². The number of nitrogens with one attached hydrogen (secondary N) is 1. The number of benzene rings is 2. The molecule has 5 rings (SSSR count). The number of halogens is 3. The van der Waals surface area contributed by atoms with Gasteiger partial charge in [0.1, 0.15) is 0 Å².